The first kappa shape index (κ1) is 21.7. The zero-order valence-electron chi connectivity index (χ0n) is 17.9. The van der Waals surface area contributed by atoms with Crippen molar-refractivity contribution in [2.24, 2.45) is 0 Å². The third-order valence-electron chi connectivity index (χ3n) is 4.67. The topological polar surface area (TPSA) is 91.0 Å². The van der Waals surface area contributed by atoms with Gasteiger partial charge in [0.1, 0.15) is 23.1 Å². The summed E-state index contributed by atoms with van der Waals surface area (Å²) in [5.41, 5.74) is 0.742. The highest BCUT2D eigenvalue weighted by atomic mass is 19.1. The predicted octanol–water partition coefficient (Wildman–Crippen LogP) is 4.19. The van der Waals surface area contributed by atoms with Crippen LogP contribution in [-0.2, 0) is 16.0 Å². The largest absolute Gasteiger partial charge is 0.442 e. The van der Waals surface area contributed by atoms with Crippen LogP contribution in [-0.4, -0.2) is 37.2 Å². The van der Waals surface area contributed by atoms with Crippen LogP contribution in [0, 0.1) is 11.6 Å². The summed E-state index contributed by atoms with van der Waals surface area (Å²) in [6.45, 7) is 5.24. The lowest BCUT2D eigenvalue weighted by atomic mass is 10.2. The first-order chi connectivity index (χ1) is 15.1. The van der Waals surface area contributed by atoms with Gasteiger partial charge in [-0.15, -0.1) is 4.68 Å². The van der Waals surface area contributed by atoms with Crippen LogP contribution >= 0.6 is 0 Å². The number of amides is 1. The van der Waals surface area contributed by atoms with Gasteiger partial charge in [-0.25, -0.2) is 18.3 Å². The predicted molar refractivity (Wildman–Crippen MR) is 112 cm³/mol. The van der Waals surface area contributed by atoms with Crippen LogP contribution in [0.2, 0.25) is 0 Å². The summed E-state index contributed by atoms with van der Waals surface area (Å²) in [5.74, 6) is -1.35. The van der Waals surface area contributed by atoms with Crippen molar-refractivity contribution in [2.75, 3.05) is 5.32 Å². The number of rotatable bonds is 5. The number of nitrogens with one attached hydrogen (secondary N) is 1. The van der Waals surface area contributed by atoms with Crippen LogP contribution in [0.5, 0.6) is 0 Å². The summed E-state index contributed by atoms with van der Waals surface area (Å²) in [6.07, 6.45) is 4.17. The zero-order valence-corrected chi connectivity index (χ0v) is 17.9. The molecular formula is C22H23F2N5O3. The van der Waals surface area contributed by atoms with Gasteiger partial charge in [0.05, 0.1) is 24.0 Å². The molecule has 1 saturated carbocycles. The second-order valence-electron chi connectivity index (χ2n) is 8.77. The molecule has 1 aliphatic carbocycles. The molecule has 0 aliphatic heterocycles. The summed E-state index contributed by atoms with van der Waals surface area (Å²) in [4.78, 5) is 25.2. The van der Waals surface area contributed by atoms with Crippen molar-refractivity contribution in [3.63, 3.8) is 0 Å². The Morgan fingerprint density at radius 1 is 1.16 bits per heavy atom. The number of anilines is 1. The van der Waals surface area contributed by atoms with Gasteiger partial charge in [0.2, 0.25) is 5.91 Å². The summed E-state index contributed by atoms with van der Waals surface area (Å²) < 4.78 is 34.6. The molecule has 0 atom stereocenters. The van der Waals surface area contributed by atoms with Crippen LogP contribution < -0.4 is 5.32 Å². The van der Waals surface area contributed by atoms with E-state index in [1.807, 2.05) is 0 Å². The number of nitrogens with zero attached hydrogens (tertiary/aromatic N) is 4. The van der Waals surface area contributed by atoms with E-state index in [-0.39, 0.29) is 23.8 Å². The van der Waals surface area contributed by atoms with E-state index in [1.54, 1.807) is 26.8 Å². The molecule has 2 aromatic heterocycles. The van der Waals surface area contributed by atoms with E-state index in [0.29, 0.717) is 5.56 Å². The molecule has 2 heterocycles. The quantitative estimate of drug-likeness (QED) is 0.639. The number of ether oxygens (including phenoxy) is 1. The number of benzene rings is 1. The Kier molecular flexibility index (Phi) is 5.53. The number of hydrogen-bond donors (Lipinski definition) is 1. The Labute approximate surface area is 183 Å². The zero-order chi connectivity index (χ0) is 23.0. The fourth-order valence-electron chi connectivity index (χ4n) is 3.15. The van der Waals surface area contributed by atoms with Gasteiger partial charge in [0.15, 0.2) is 0 Å². The standard InChI is InChI=1S/C22H23F2N5O3/c1-22(2,3)32-21(31)29-19(10-18(27-29)14-4-5-14)26-20(30)6-13-11-25-28(12-13)17-8-15(23)7-16(24)9-17/h7-12,14H,4-6H2,1-3H3,(H,26,30). The minimum absolute atomic E-state index is 0.0595. The van der Waals surface area contributed by atoms with Crippen LogP contribution in [0.3, 0.4) is 0 Å². The Balaban J connectivity index is 1.48. The molecule has 4 rings (SSSR count). The van der Waals surface area contributed by atoms with E-state index < -0.39 is 29.2 Å². The first-order valence-corrected chi connectivity index (χ1v) is 10.2. The molecule has 0 unspecified atom stereocenters. The first-order valence-electron chi connectivity index (χ1n) is 10.2. The van der Waals surface area contributed by atoms with E-state index in [9.17, 15) is 18.4 Å². The van der Waals surface area contributed by atoms with Crippen LogP contribution in [0.4, 0.5) is 19.4 Å². The number of carbonyl (C=O) groups excluding carboxylic acids is 2. The van der Waals surface area contributed by atoms with Crippen molar-refractivity contribution in [2.45, 2.75) is 51.6 Å². The molecular weight excluding hydrogens is 420 g/mol. The van der Waals surface area contributed by atoms with E-state index >= 15 is 0 Å². The summed E-state index contributed by atoms with van der Waals surface area (Å²) >= 11 is 0. The van der Waals surface area contributed by atoms with Gasteiger partial charge in [0, 0.05) is 24.2 Å². The molecule has 8 nitrogen and oxygen atoms in total. The van der Waals surface area contributed by atoms with E-state index in [1.165, 1.54) is 17.1 Å². The molecule has 3 aromatic rings. The molecule has 1 N–H and O–H groups in total. The monoisotopic (exact) mass is 443 g/mol. The minimum Gasteiger partial charge on any atom is -0.442 e. The van der Waals surface area contributed by atoms with E-state index in [0.717, 1.165) is 41.4 Å². The van der Waals surface area contributed by atoms with Crippen molar-refractivity contribution in [3.8, 4) is 5.69 Å². The summed E-state index contributed by atoms with van der Waals surface area (Å²) in [6, 6.07) is 4.72. The van der Waals surface area contributed by atoms with Crippen LogP contribution in [0.15, 0.2) is 36.7 Å². The maximum Gasteiger partial charge on any atom is 0.437 e. The Bertz CT molecular complexity index is 1150. The molecule has 32 heavy (non-hydrogen) atoms. The average molecular weight is 443 g/mol. The highest BCUT2D eigenvalue weighted by Crippen LogP contribution is 2.40. The van der Waals surface area contributed by atoms with Gasteiger partial charge in [-0.05, 0) is 51.3 Å². The van der Waals surface area contributed by atoms with Crippen molar-refractivity contribution >= 4 is 17.8 Å². The molecule has 0 radical (unpaired) electrons. The SMILES string of the molecule is CC(C)(C)OC(=O)n1nc(C2CC2)cc1NC(=O)Cc1cnn(-c2cc(F)cc(F)c2)c1. The summed E-state index contributed by atoms with van der Waals surface area (Å²) in [5, 5.41) is 11.1. The lowest BCUT2D eigenvalue weighted by Crippen LogP contribution is -2.29. The molecule has 1 amide bonds. The molecule has 0 saturated heterocycles. The Hall–Kier alpha value is -3.56. The maximum atomic E-state index is 13.5. The number of hydrogen-bond acceptors (Lipinski definition) is 5. The smallest absolute Gasteiger partial charge is 0.437 e. The fourth-order valence-corrected chi connectivity index (χ4v) is 3.15. The molecule has 10 heteroatoms. The Morgan fingerprint density at radius 3 is 2.47 bits per heavy atom. The van der Waals surface area contributed by atoms with Crippen molar-refractivity contribution in [3.05, 3.63) is 59.6 Å². The Morgan fingerprint density at radius 2 is 1.84 bits per heavy atom. The van der Waals surface area contributed by atoms with Gasteiger partial charge < -0.3 is 10.1 Å². The van der Waals surface area contributed by atoms with Gasteiger partial charge in [0.25, 0.3) is 0 Å². The number of halogens is 2. The van der Waals surface area contributed by atoms with Gasteiger partial charge in [-0.2, -0.15) is 10.2 Å². The summed E-state index contributed by atoms with van der Waals surface area (Å²) in [7, 11) is 0. The van der Waals surface area contributed by atoms with E-state index in [4.69, 9.17) is 4.74 Å². The minimum atomic E-state index is -0.725. The lowest BCUT2D eigenvalue weighted by Gasteiger charge is -2.19. The van der Waals surface area contributed by atoms with Crippen LogP contribution in [0.25, 0.3) is 5.69 Å². The molecule has 0 bridgehead atoms. The molecule has 1 aromatic carbocycles. The molecule has 1 aliphatic rings. The third kappa shape index (κ3) is 5.19. The third-order valence-corrected chi connectivity index (χ3v) is 4.67. The van der Waals surface area contributed by atoms with E-state index in [2.05, 4.69) is 15.5 Å². The van der Waals surface area contributed by atoms with Gasteiger partial charge >= 0.3 is 6.09 Å². The molecule has 1 fully saturated rings. The normalized spacial score (nSPS) is 13.8. The lowest BCUT2D eigenvalue weighted by molar-refractivity contribution is -0.115. The van der Waals surface area contributed by atoms with Gasteiger partial charge in [-0.3, -0.25) is 4.79 Å². The molecule has 168 valence electrons. The van der Waals surface area contributed by atoms with Crippen molar-refractivity contribution in [1.29, 1.82) is 0 Å². The van der Waals surface area contributed by atoms with Gasteiger partial charge in [-0.1, -0.05) is 0 Å². The second-order valence-corrected chi connectivity index (χ2v) is 8.77. The van der Waals surface area contributed by atoms with Crippen molar-refractivity contribution in [1.82, 2.24) is 19.6 Å². The highest BCUT2D eigenvalue weighted by molar-refractivity contribution is 5.93. The fraction of sp³-hybridized carbons (Fsp3) is 0.364. The second kappa shape index (κ2) is 8.18. The van der Waals surface area contributed by atoms with Crippen molar-refractivity contribution < 1.29 is 23.1 Å². The number of aromatic nitrogens is 4. The van der Waals surface area contributed by atoms with Crippen LogP contribution in [0.1, 0.15) is 50.8 Å². The maximum absolute atomic E-state index is 13.5. The number of carbonyl (C=O) groups is 2. The highest BCUT2D eigenvalue weighted by Gasteiger charge is 2.30. The average Bonchev–Trinajstić information content (AvgIpc) is 3.27. The molecule has 0 spiro atoms.